The van der Waals surface area contributed by atoms with E-state index in [1.54, 1.807) is 13.0 Å². The molecule has 2 aliphatic heterocycles. The minimum Gasteiger partial charge on any atom is -0.343 e. The third-order valence-corrected chi connectivity index (χ3v) is 9.35. The van der Waals surface area contributed by atoms with Gasteiger partial charge < -0.3 is 14.7 Å². The predicted molar refractivity (Wildman–Crippen MR) is 163 cm³/mol. The van der Waals surface area contributed by atoms with E-state index in [1.807, 2.05) is 88.5 Å². The molecular formula is C33H35Cl2N3O3. The van der Waals surface area contributed by atoms with Gasteiger partial charge in [-0.05, 0) is 54.2 Å². The molecule has 6 nitrogen and oxygen atoms in total. The summed E-state index contributed by atoms with van der Waals surface area (Å²) in [6.07, 6.45) is 1.98. The van der Waals surface area contributed by atoms with Gasteiger partial charge in [0.1, 0.15) is 0 Å². The summed E-state index contributed by atoms with van der Waals surface area (Å²) in [5, 5.41) is 0.917. The van der Waals surface area contributed by atoms with Crippen molar-refractivity contribution in [2.75, 3.05) is 33.2 Å². The van der Waals surface area contributed by atoms with Crippen LogP contribution >= 0.6 is 23.2 Å². The maximum atomic E-state index is 14.1. The Kier molecular flexibility index (Phi) is 9.00. The molecule has 5 rings (SSSR count). The van der Waals surface area contributed by atoms with Crippen molar-refractivity contribution in [3.63, 3.8) is 0 Å². The van der Waals surface area contributed by atoms with E-state index in [2.05, 4.69) is 0 Å². The van der Waals surface area contributed by atoms with E-state index in [-0.39, 0.29) is 35.6 Å². The maximum absolute atomic E-state index is 14.1. The van der Waals surface area contributed by atoms with Crippen LogP contribution in [0, 0.1) is 5.92 Å². The summed E-state index contributed by atoms with van der Waals surface area (Å²) in [6, 6.07) is 23.0. The molecule has 0 spiro atoms. The number of amides is 3. The Morgan fingerprint density at radius 2 is 1.46 bits per heavy atom. The number of carbonyl (C=O) groups excluding carboxylic acids is 3. The molecule has 0 radical (unpaired) electrons. The Morgan fingerprint density at radius 3 is 2.15 bits per heavy atom. The Balaban J connectivity index is 1.40. The molecule has 2 fully saturated rings. The summed E-state index contributed by atoms with van der Waals surface area (Å²) in [5.41, 5.74) is 3.47. The smallest absolute Gasteiger partial charge is 0.254 e. The molecule has 0 aliphatic carbocycles. The molecule has 0 saturated carbocycles. The van der Waals surface area contributed by atoms with Gasteiger partial charge in [-0.1, -0.05) is 77.8 Å². The molecule has 2 saturated heterocycles. The summed E-state index contributed by atoms with van der Waals surface area (Å²) >= 11 is 12.7. The number of likely N-dealkylation sites (N-methyl/N-ethyl adjacent to an activating group) is 1. The van der Waals surface area contributed by atoms with E-state index in [4.69, 9.17) is 23.2 Å². The fraction of sp³-hybridized carbons (Fsp3) is 0.364. The van der Waals surface area contributed by atoms with Crippen LogP contribution in [0.1, 0.15) is 48.0 Å². The number of rotatable bonds is 5. The highest BCUT2D eigenvalue weighted by atomic mass is 35.5. The number of piperidine rings is 2. The van der Waals surface area contributed by atoms with Crippen molar-refractivity contribution in [2.24, 2.45) is 5.92 Å². The van der Waals surface area contributed by atoms with E-state index in [0.29, 0.717) is 61.1 Å². The van der Waals surface area contributed by atoms with Crippen LogP contribution in [0.2, 0.25) is 10.0 Å². The number of halogens is 2. The Hall–Kier alpha value is -3.35. The fourth-order valence-electron chi connectivity index (χ4n) is 6.25. The second kappa shape index (κ2) is 12.7. The lowest BCUT2D eigenvalue weighted by atomic mass is 9.83. The van der Waals surface area contributed by atoms with Crippen molar-refractivity contribution in [2.45, 2.75) is 38.1 Å². The molecular weight excluding hydrogens is 557 g/mol. The highest BCUT2D eigenvalue weighted by molar-refractivity contribution is 6.42. The molecule has 2 unspecified atom stereocenters. The van der Waals surface area contributed by atoms with Gasteiger partial charge in [0.15, 0.2) is 0 Å². The molecule has 3 amide bonds. The lowest BCUT2D eigenvalue weighted by Gasteiger charge is -2.44. The first-order chi connectivity index (χ1) is 19.7. The van der Waals surface area contributed by atoms with Crippen LogP contribution in [0.25, 0.3) is 11.1 Å². The molecule has 3 aromatic rings. The third-order valence-electron chi connectivity index (χ3n) is 8.61. The molecule has 0 bridgehead atoms. The second-order valence-electron chi connectivity index (χ2n) is 11.0. The van der Waals surface area contributed by atoms with Crippen LogP contribution in [0.3, 0.4) is 0 Å². The van der Waals surface area contributed by atoms with Crippen molar-refractivity contribution in [3.8, 4) is 11.1 Å². The normalized spacial score (nSPS) is 19.6. The highest BCUT2D eigenvalue weighted by Gasteiger charge is 2.39. The summed E-state index contributed by atoms with van der Waals surface area (Å²) in [6.45, 7) is 3.83. The minimum atomic E-state index is -0.146. The Morgan fingerprint density at radius 1 is 0.805 bits per heavy atom. The third kappa shape index (κ3) is 6.29. The van der Waals surface area contributed by atoms with E-state index in [1.165, 1.54) is 0 Å². The number of hydrogen-bond acceptors (Lipinski definition) is 3. The second-order valence-corrected chi connectivity index (χ2v) is 11.8. The van der Waals surface area contributed by atoms with Crippen LogP contribution < -0.4 is 0 Å². The van der Waals surface area contributed by atoms with Gasteiger partial charge in [0, 0.05) is 63.6 Å². The maximum Gasteiger partial charge on any atom is 0.254 e. The van der Waals surface area contributed by atoms with Gasteiger partial charge in [-0.2, -0.15) is 0 Å². The monoisotopic (exact) mass is 591 g/mol. The molecule has 41 heavy (non-hydrogen) atoms. The Labute approximate surface area is 251 Å². The van der Waals surface area contributed by atoms with E-state index in [9.17, 15) is 14.4 Å². The van der Waals surface area contributed by atoms with Crippen LogP contribution in [0.15, 0.2) is 72.8 Å². The first-order valence-electron chi connectivity index (χ1n) is 14.2. The van der Waals surface area contributed by atoms with Gasteiger partial charge >= 0.3 is 0 Å². The standard InChI is InChI=1S/C33H35Cl2N3O3/c1-22(39)37-17-14-24(15-18-37)32(40)38-19-16-31(28(21-38)25-12-13-29(34)30(35)20-25)36(2)33(41)27-11-7-6-10-26(27)23-8-4-3-5-9-23/h3-13,20,24,28,31H,14-19,21H2,1-2H3. The largest absolute Gasteiger partial charge is 0.343 e. The Bertz CT molecular complexity index is 1420. The number of hydrogen-bond donors (Lipinski definition) is 0. The first-order valence-corrected chi connectivity index (χ1v) is 14.9. The quantitative estimate of drug-likeness (QED) is 0.346. The lowest BCUT2D eigenvalue weighted by Crippen LogP contribution is -2.53. The zero-order valence-electron chi connectivity index (χ0n) is 23.4. The minimum absolute atomic E-state index is 0.0536. The van der Waals surface area contributed by atoms with Gasteiger partial charge in [0.25, 0.3) is 5.91 Å². The molecule has 0 N–H and O–H groups in total. The van der Waals surface area contributed by atoms with Crippen LogP contribution in [0.5, 0.6) is 0 Å². The average Bonchev–Trinajstić information content (AvgIpc) is 3.01. The average molecular weight is 593 g/mol. The number of carbonyl (C=O) groups is 3. The fourth-order valence-corrected chi connectivity index (χ4v) is 6.56. The van der Waals surface area contributed by atoms with Crippen molar-refractivity contribution < 1.29 is 14.4 Å². The zero-order valence-corrected chi connectivity index (χ0v) is 24.9. The molecule has 0 aromatic heterocycles. The number of benzene rings is 3. The van der Waals surface area contributed by atoms with Crippen LogP contribution in [-0.2, 0) is 9.59 Å². The lowest BCUT2D eigenvalue weighted by molar-refractivity contribution is -0.141. The van der Waals surface area contributed by atoms with Gasteiger partial charge in [-0.15, -0.1) is 0 Å². The van der Waals surface area contributed by atoms with Gasteiger partial charge in [0.05, 0.1) is 10.0 Å². The van der Waals surface area contributed by atoms with Crippen molar-refractivity contribution >= 4 is 40.9 Å². The predicted octanol–water partition coefficient (Wildman–Crippen LogP) is 6.38. The zero-order chi connectivity index (χ0) is 29.1. The summed E-state index contributed by atoms with van der Waals surface area (Å²) in [7, 11) is 1.86. The molecule has 2 heterocycles. The van der Waals surface area contributed by atoms with Gasteiger partial charge in [-0.3, -0.25) is 14.4 Å². The van der Waals surface area contributed by atoms with Crippen molar-refractivity contribution in [3.05, 3.63) is 94.0 Å². The highest BCUT2D eigenvalue weighted by Crippen LogP contribution is 2.36. The van der Waals surface area contributed by atoms with Crippen LogP contribution in [-0.4, -0.2) is 71.7 Å². The van der Waals surface area contributed by atoms with Crippen LogP contribution in [0.4, 0.5) is 0 Å². The van der Waals surface area contributed by atoms with Gasteiger partial charge in [0.2, 0.25) is 11.8 Å². The summed E-state index contributed by atoms with van der Waals surface area (Å²) < 4.78 is 0. The van der Waals surface area contributed by atoms with Gasteiger partial charge in [-0.25, -0.2) is 0 Å². The van der Waals surface area contributed by atoms with E-state index in [0.717, 1.165) is 16.7 Å². The molecule has 8 heteroatoms. The first kappa shape index (κ1) is 29.2. The van der Waals surface area contributed by atoms with Crippen molar-refractivity contribution in [1.29, 1.82) is 0 Å². The summed E-state index contributed by atoms with van der Waals surface area (Å²) in [4.78, 5) is 45.1. The summed E-state index contributed by atoms with van der Waals surface area (Å²) in [5.74, 6) is -0.125. The van der Waals surface area contributed by atoms with E-state index >= 15 is 0 Å². The topological polar surface area (TPSA) is 60.9 Å². The number of nitrogens with zero attached hydrogens (tertiary/aromatic N) is 3. The van der Waals surface area contributed by atoms with Crippen molar-refractivity contribution in [1.82, 2.24) is 14.7 Å². The molecule has 2 aliphatic rings. The molecule has 2 atom stereocenters. The molecule has 214 valence electrons. The number of likely N-dealkylation sites (tertiary alicyclic amines) is 2. The molecule has 3 aromatic carbocycles. The SMILES string of the molecule is CC(=O)N1CCC(C(=O)N2CCC(N(C)C(=O)c3ccccc3-c3ccccc3)C(c3ccc(Cl)c(Cl)c3)C2)CC1. The van der Waals surface area contributed by atoms with E-state index < -0.39 is 0 Å².